The fourth-order valence-electron chi connectivity index (χ4n) is 3.90. The monoisotopic (exact) mass is 383 g/mol. The van der Waals surface area contributed by atoms with Crippen LogP contribution < -0.4 is 4.90 Å². The van der Waals surface area contributed by atoms with Crippen LogP contribution in [-0.2, 0) is 9.53 Å². The normalized spacial score (nSPS) is 23.0. The van der Waals surface area contributed by atoms with Crippen molar-refractivity contribution in [3.8, 4) is 0 Å². The maximum atomic E-state index is 13.1. The van der Waals surface area contributed by atoms with Crippen molar-refractivity contribution in [2.75, 3.05) is 31.1 Å². The van der Waals surface area contributed by atoms with Gasteiger partial charge < -0.3 is 14.5 Å². The molecule has 0 N–H and O–H groups in total. The number of aromatic nitrogens is 1. The third kappa shape index (κ3) is 3.75. The van der Waals surface area contributed by atoms with Gasteiger partial charge in [-0.2, -0.15) is 0 Å². The van der Waals surface area contributed by atoms with Crippen LogP contribution in [0, 0.1) is 5.82 Å². The predicted octanol–water partition coefficient (Wildman–Crippen LogP) is 2.65. The van der Waals surface area contributed by atoms with Gasteiger partial charge in [-0.05, 0) is 43.5 Å². The van der Waals surface area contributed by atoms with Crippen molar-refractivity contribution in [1.82, 2.24) is 9.88 Å². The number of hydrogen-bond acceptors (Lipinski definition) is 4. The molecule has 28 heavy (non-hydrogen) atoms. The number of morpholine rings is 1. The minimum absolute atomic E-state index is 0.0440. The zero-order chi connectivity index (χ0) is 19.6. The molecule has 0 saturated carbocycles. The lowest BCUT2D eigenvalue weighted by molar-refractivity contribution is -0.140. The van der Waals surface area contributed by atoms with Gasteiger partial charge in [0.1, 0.15) is 18.1 Å². The smallest absolute Gasteiger partial charge is 0.272 e. The summed E-state index contributed by atoms with van der Waals surface area (Å²) in [6.07, 6.45) is 3.23. The van der Waals surface area contributed by atoms with Gasteiger partial charge in [-0.25, -0.2) is 9.37 Å². The summed E-state index contributed by atoms with van der Waals surface area (Å²) in [4.78, 5) is 32.5. The van der Waals surface area contributed by atoms with Crippen LogP contribution >= 0.6 is 0 Å². The first-order valence-corrected chi connectivity index (χ1v) is 9.47. The van der Waals surface area contributed by atoms with E-state index in [0.29, 0.717) is 26.1 Å². The molecule has 146 valence electrons. The van der Waals surface area contributed by atoms with Crippen LogP contribution in [0.4, 0.5) is 10.1 Å². The highest BCUT2D eigenvalue weighted by Crippen LogP contribution is 2.33. The van der Waals surface area contributed by atoms with Gasteiger partial charge in [0, 0.05) is 18.8 Å². The molecule has 2 saturated heterocycles. The highest BCUT2D eigenvalue weighted by atomic mass is 19.1. The summed E-state index contributed by atoms with van der Waals surface area (Å²) in [6.45, 7) is 1.62. The average molecular weight is 383 g/mol. The Labute approximate surface area is 162 Å². The van der Waals surface area contributed by atoms with Crippen molar-refractivity contribution in [3.05, 3.63) is 60.2 Å². The number of ether oxygens (including phenoxy) is 1. The molecule has 3 heterocycles. The predicted molar refractivity (Wildman–Crippen MR) is 101 cm³/mol. The number of pyridine rings is 1. The second-order valence-corrected chi connectivity index (χ2v) is 7.29. The van der Waals surface area contributed by atoms with E-state index in [-0.39, 0.29) is 24.1 Å². The maximum absolute atomic E-state index is 13.1. The van der Waals surface area contributed by atoms with E-state index >= 15 is 0 Å². The molecule has 1 atom stereocenters. The number of hydrogen-bond donors (Lipinski definition) is 0. The molecule has 2 aromatic rings. The Morgan fingerprint density at radius 2 is 1.93 bits per heavy atom. The molecule has 0 bridgehead atoms. The van der Waals surface area contributed by atoms with Crippen molar-refractivity contribution < 1.29 is 18.7 Å². The molecule has 1 spiro atoms. The van der Waals surface area contributed by atoms with Gasteiger partial charge in [0.2, 0.25) is 0 Å². The molecular weight excluding hydrogens is 361 g/mol. The van der Waals surface area contributed by atoms with E-state index in [1.807, 2.05) is 30.3 Å². The molecule has 1 aromatic carbocycles. The minimum atomic E-state index is -0.465. The third-order valence-corrected chi connectivity index (χ3v) is 5.45. The zero-order valence-corrected chi connectivity index (χ0v) is 15.5. The Bertz CT molecular complexity index is 859. The summed E-state index contributed by atoms with van der Waals surface area (Å²) in [5.74, 6) is -0.721. The van der Waals surface area contributed by atoms with Gasteiger partial charge >= 0.3 is 0 Å². The molecule has 1 aromatic heterocycles. The van der Waals surface area contributed by atoms with Crippen LogP contribution in [-0.4, -0.2) is 53.5 Å². The number of benzene rings is 1. The second-order valence-electron chi connectivity index (χ2n) is 7.29. The fourth-order valence-corrected chi connectivity index (χ4v) is 3.90. The van der Waals surface area contributed by atoms with Crippen LogP contribution in [0.2, 0.25) is 0 Å². The number of anilines is 1. The molecule has 0 aliphatic carbocycles. The Kier molecular flexibility index (Phi) is 5.09. The Morgan fingerprint density at radius 3 is 2.68 bits per heavy atom. The van der Waals surface area contributed by atoms with Crippen LogP contribution in [0.15, 0.2) is 48.7 Å². The Hall–Kier alpha value is -2.80. The molecule has 2 aliphatic heterocycles. The number of para-hydroxylation sites is 1. The molecule has 7 heteroatoms. The van der Waals surface area contributed by atoms with Gasteiger partial charge in [0.15, 0.2) is 0 Å². The molecule has 0 radical (unpaired) electrons. The summed E-state index contributed by atoms with van der Waals surface area (Å²) in [6, 6.07) is 12.2. The zero-order valence-electron chi connectivity index (χ0n) is 15.5. The summed E-state index contributed by atoms with van der Waals surface area (Å²) in [5, 5.41) is 0. The summed E-state index contributed by atoms with van der Waals surface area (Å²) >= 11 is 0. The number of carbonyl (C=O) groups is 2. The van der Waals surface area contributed by atoms with Crippen LogP contribution in [0.5, 0.6) is 0 Å². The first-order valence-electron chi connectivity index (χ1n) is 9.47. The molecule has 4 rings (SSSR count). The van der Waals surface area contributed by atoms with Gasteiger partial charge in [-0.3, -0.25) is 9.59 Å². The third-order valence-electron chi connectivity index (χ3n) is 5.45. The maximum Gasteiger partial charge on any atom is 0.272 e. The van der Waals surface area contributed by atoms with Crippen molar-refractivity contribution in [3.63, 3.8) is 0 Å². The van der Waals surface area contributed by atoms with Gasteiger partial charge in [0.05, 0.1) is 18.3 Å². The standard InChI is InChI=1S/C21H22FN3O3/c22-16-7-8-18(23-13-16)20(27)24-11-4-9-21(10-12-24)15-25(19(26)14-28-21)17-5-2-1-3-6-17/h1-3,5-8,13H,4,9-12,14-15H2. The average Bonchev–Trinajstić information content (AvgIpc) is 2.93. The molecule has 2 amide bonds. The van der Waals surface area contributed by atoms with Gasteiger partial charge in [-0.1, -0.05) is 18.2 Å². The largest absolute Gasteiger partial charge is 0.363 e. The molecule has 2 aliphatic rings. The van der Waals surface area contributed by atoms with Crippen molar-refractivity contribution >= 4 is 17.5 Å². The number of likely N-dealkylation sites (tertiary alicyclic amines) is 1. The van der Waals surface area contributed by atoms with Crippen LogP contribution in [0.1, 0.15) is 29.8 Å². The van der Waals surface area contributed by atoms with E-state index in [9.17, 15) is 14.0 Å². The molecular formula is C21H22FN3O3. The lowest BCUT2D eigenvalue weighted by Crippen LogP contribution is -2.55. The Morgan fingerprint density at radius 1 is 1.11 bits per heavy atom. The molecule has 2 fully saturated rings. The molecule has 6 nitrogen and oxygen atoms in total. The number of carbonyl (C=O) groups excluding carboxylic acids is 2. The van der Waals surface area contributed by atoms with E-state index in [2.05, 4.69) is 4.98 Å². The summed E-state index contributed by atoms with van der Waals surface area (Å²) < 4.78 is 19.1. The quantitative estimate of drug-likeness (QED) is 0.800. The summed E-state index contributed by atoms with van der Waals surface area (Å²) in [7, 11) is 0. The van der Waals surface area contributed by atoms with Gasteiger partial charge in [0.25, 0.3) is 11.8 Å². The summed E-state index contributed by atoms with van der Waals surface area (Å²) in [5.41, 5.74) is 0.639. The number of nitrogens with zero attached hydrogens (tertiary/aromatic N) is 3. The second kappa shape index (κ2) is 7.67. The number of rotatable bonds is 2. The first kappa shape index (κ1) is 18.6. The van der Waals surface area contributed by atoms with Crippen molar-refractivity contribution in [2.45, 2.75) is 24.9 Å². The van der Waals surface area contributed by atoms with E-state index < -0.39 is 11.4 Å². The highest BCUT2D eigenvalue weighted by Gasteiger charge is 2.42. The van der Waals surface area contributed by atoms with Gasteiger partial charge in [-0.15, -0.1) is 0 Å². The van der Waals surface area contributed by atoms with Crippen molar-refractivity contribution in [1.29, 1.82) is 0 Å². The lowest BCUT2D eigenvalue weighted by Gasteiger charge is -2.42. The minimum Gasteiger partial charge on any atom is -0.363 e. The number of halogens is 1. The van der Waals surface area contributed by atoms with Crippen LogP contribution in [0.25, 0.3) is 0 Å². The SMILES string of the molecule is O=C(c1ccc(F)cn1)N1CCCC2(CC1)CN(c1ccccc1)C(=O)CO2. The first-order chi connectivity index (χ1) is 13.6. The number of amides is 2. The molecule has 1 unspecified atom stereocenters. The van der Waals surface area contributed by atoms with Crippen molar-refractivity contribution in [2.24, 2.45) is 0 Å². The van der Waals surface area contributed by atoms with E-state index in [4.69, 9.17) is 4.74 Å². The van der Waals surface area contributed by atoms with E-state index in [0.717, 1.165) is 24.7 Å². The van der Waals surface area contributed by atoms with Crippen LogP contribution in [0.3, 0.4) is 0 Å². The Balaban J connectivity index is 1.47. The van der Waals surface area contributed by atoms with E-state index in [1.54, 1.807) is 9.80 Å². The lowest BCUT2D eigenvalue weighted by atomic mass is 9.92. The fraction of sp³-hybridized carbons (Fsp3) is 0.381. The topological polar surface area (TPSA) is 62.7 Å². The van der Waals surface area contributed by atoms with E-state index in [1.165, 1.54) is 12.1 Å². The highest BCUT2D eigenvalue weighted by molar-refractivity contribution is 5.95.